The van der Waals surface area contributed by atoms with E-state index in [-0.39, 0.29) is 18.0 Å². The van der Waals surface area contributed by atoms with Crippen LogP contribution in [0.15, 0.2) is 48.5 Å². The lowest BCUT2D eigenvalue weighted by Crippen LogP contribution is -2.26. The highest BCUT2D eigenvalue weighted by atomic mass is 16.6. The van der Waals surface area contributed by atoms with Gasteiger partial charge in [-0.15, -0.1) is 0 Å². The first-order valence-electron chi connectivity index (χ1n) is 8.91. The number of carbonyl (C=O) groups excluding carboxylic acids is 1. The number of para-hydroxylation sites is 1. The second-order valence-electron chi connectivity index (χ2n) is 6.59. The van der Waals surface area contributed by atoms with Crippen molar-refractivity contribution in [2.24, 2.45) is 0 Å². The zero-order chi connectivity index (χ0) is 18.4. The van der Waals surface area contributed by atoms with Crippen LogP contribution in [0, 0.1) is 10.1 Å². The van der Waals surface area contributed by atoms with Crippen LogP contribution in [0.5, 0.6) is 0 Å². The fourth-order valence-corrected chi connectivity index (χ4v) is 3.33. The van der Waals surface area contributed by atoms with Crippen LogP contribution >= 0.6 is 0 Å². The molecule has 0 spiro atoms. The number of nitrogens with zero attached hydrogens (tertiary/aromatic N) is 2. The molecule has 1 fully saturated rings. The Hall–Kier alpha value is -2.73. The van der Waals surface area contributed by atoms with Crippen molar-refractivity contribution < 1.29 is 9.72 Å². The lowest BCUT2D eigenvalue weighted by Gasteiger charge is -2.17. The van der Waals surface area contributed by atoms with Crippen LogP contribution < -0.4 is 5.32 Å². The van der Waals surface area contributed by atoms with Gasteiger partial charge in [-0.25, -0.2) is 0 Å². The molecular weight excluding hydrogens is 330 g/mol. The van der Waals surface area contributed by atoms with Gasteiger partial charge in [0, 0.05) is 24.7 Å². The number of benzene rings is 2. The van der Waals surface area contributed by atoms with E-state index in [9.17, 15) is 14.9 Å². The quantitative estimate of drug-likeness (QED) is 0.613. The van der Waals surface area contributed by atoms with Crippen molar-refractivity contribution in [3.63, 3.8) is 0 Å². The van der Waals surface area contributed by atoms with Gasteiger partial charge in [0.1, 0.15) is 0 Å². The van der Waals surface area contributed by atoms with Gasteiger partial charge in [0.25, 0.3) is 5.69 Å². The van der Waals surface area contributed by atoms with Crippen molar-refractivity contribution in [3.05, 3.63) is 75.3 Å². The summed E-state index contributed by atoms with van der Waals surface area (Å²) in [6.45, 7) is 3.58. The zero-order valence-electron chi connectivity index (χ0n) is 14.7. The molecule has 2 aromatic rings. The number of nitro groups is 1. The van der Waals surface area contributed by atoms with Gasteiger partial charge in [-0.05, 0) is 37.1 Å². The summed E-state index contributed by atoms with van der Waals surface area (Å²) in [6.07, 6.45) is 2.50. The summed E-state index contributed by atoms with van der Waals surface area (Å²) < 4.78 is 0. The smallest absolute Gasteiger partial charge is 0.273 e. The molecule has 1 heterocycles. The number of rotatable bonds is 7. The molecule has 6 nitrogen and oxygen atoms in total. The fraction of sp³-hybridized carbons (Fsp3) is 0.350. The topological polar surface area (TPSA) is 75.5 Å². The third-order valence-corrected chi connectivity index (χ3v) is 4.73. The van der Waals surface area contributed by atoms with Gasteiger partial charge in [-0.3, -0.25) is 19.8 Å². The summed E-state index contributed by atoms with van der Waals surface area (Å²) in [5.41, 5.74) is 2.73. The third kappa shape index (κ3) is 4.67. The first-order valence-corrected chi connectivity index (χ1v) is 8.91. The summed E-state index contributed by atoms with van der Waals surface area (Å²) in [5, 5.41) is 14.0. The molecule has 1 amide bonds. The number of hydrogen-bond donors (Lipinski definition) is 1. The normalized spacial score (nSPS) is 14.3. The summed E-state index contributed by atoms with van der Waals surface area (Å²) in [7, 11) is 0. The van der Waals surface area contributed by atoms with Crippen molar-refractivity contribution in [2.45, 2.75) is 32.4 Å². The standard InChI is InChI=1S/C20H23N3O3/c24-20(13-16-7-3-4-10-19(16)23(25)26)21-14-17-8-1-2-9-18(17)15-22-11-5-6-12-22/h1-4,7-10H,5-6,11-15H2,(H,21,24). The molecule has 26 heavy (non-hydrogen) atoms. The van der Waals surface area contributed by atoms with Gasteiger partial charge >= 0.3 is 0 Å². The number of hydrogen-bond acceptors (Lipinski definition) is 4. The van der Waals surface area contributed by atoms with Crippen LogP contribution in [0.1, 0.15) is 29.5 Å². The van der Waals surface area contributed by atoms with E-state index in [1.807, 2.05) is 18.2 Å². The molecule has 0 bridgehead atoms. The Bertz CT molecular complexity index is 785. The SMILES string of the molecule is O=C(Cc1ccccc1[N+](=O)[O-])NCc1ccccc1CN1CCCC1. The van der Waals surface area contributed by atoms with E-state index in [1.54, 1.807) is 18.2 Å². The van der Waals surface area contributed by atoms with E-state index < -0.39 is 4.92 Å². The average molecular weight is 353 g/mol. The van der Waals surface area contributed by atoms with E-state index in [0.29, 0.717) is 12.1 Å². The zero-order valence-corrected chi connectivity index (χ0v) is 14.7. The van der Waals surface area contributed by atoms with E-state index in [2.05, 4.69) is 16.3 Å². The highest BCUT2D eigenvalue weighted by Crippen LogP contribution is 2.19. The van der Waals surface area contributed by atoms with Gasteiger partial charge in [0.05, 0.1) is 11.3 Å². The highest BCUT2D eigenvalue weighted by molar-refractivity contribution is 5.79. The average Bonchev–Trinajstić information content (AvgIpc) is 3.14. The lowest BCUT2D eigenvalue weighted by atomic mass is 10.1. The minimum Gasteiger partial charge on any atom is -0.352 e. The Balaban J connectivity index is 1.60. The molecule has 0 aromatic heterocycles. The number of nitrogens with one attached hydrogen (secondary N) is 1. The van der Waals surface area contributed by atoms with E-state index in [4.69, 9.17) is 0 Å². The number of nitro benzene ring substituents is 1. The maximum Gasteiger partial charge on any atom is 0.273 e. The second kappa shape index (κ2) is 8.58. The highest BCUT2D eigenvalue weighted by Gasteiger charge is 2.16. The predicted octanol–water partition coefficient (Wildman–Crippen LogP) is 3.05. The Morgan fingerprint density at radius 3 is 2.31 bits per heavy atom. The minimum atomic E-state index is -0.450. The molecule has 1 aliphatic rings. The first kappa shape index (κ1) is 18.1. The van der Waals surface area contributed by atoms with Crippen LogP contribution in [-0.4, -0.2) is 28.8 Å². The minimum absolute atomic E-state index is 0.00540. The Morgan fingerprint density at radius 2 is 1.62 bits per heavy atom. The Labute approximate surface area is 153 Å². The molecule has 3 rings (SSSR count). The number of likely N-dealkylation sites (tertiary alicyclic amines) is 1. The molecule has 1 N–H and O–H groups in total. The molecule has 0 atom stereocenters. The predicted molar refractivity (Wildman–Crippen MR) is 99.6 cm³/mol. The maximum absolute atomic E-state index is 12.3. The Kier molecular flexibility index (Phi) is 5.96. The van der Waals surface area contributed by atoms with Crippen molar-refractivity contribution in [1.29, 1.82) is 0 Å². The van der Waals surface area contributed by atoms with Crippen molar-refractivity contribution in [3.8, 4) is 0 Å². The fourth-order valence-electron chi connectivity index (χ4n) is 3.33. The molecule has 0 unspecified atom stereocenters. The first-order chi connectivity index (χ1) is 12.6. The molecule has 136 valence electrons. The molecule has 2 aromatic carbocycles. The van der Waals surface area contributed by atoms with Gasteiger partial charge in [-0.1, -0.05) is 42.5 Å². The summed E-state index contributed by atoms with van der Waals surface area (Å²) >= 11 is 0. The lowest BCUT2D eigenvalue weighted by molar-refractivity contribution is -0.385. The molecule has 0 aliphatic carbocycles. The van der Waals surface area contributed by atoms with Gasteiger partial charge in [0.15, 0.2) is 0 Å². The summed E-state index contributed by atoms with van der Waals surface area (Å²) in [4.78, 5) is 25.3. The molecule has 0 saturated carbocycles. The summed E-state index contributed by atoms with van der Waals surface area (Å²) in [6, 6.07) is 14.5. The van der Waals surface area contributed by atoms with Crippen molar-refractivity contribution in [1.82, 2.24) is 10.2 Å². The third-order valence-electron chi connectivity index (χ3n) is 4.73. The second-order valence-corrected chi connectivity index (χ2v) is 6.59. The van der Waals surface area contributed by atoms with Crippen LogP contribution in [0.3, 0.4) is 0 Å². The maximum atomic E-state index is 12.3. The van der Waals surface area contributed by atoms with Crippen LogP contribution in [0.2, 0.25) is 0 Å². The molecule has 6 heteroatoms. The van der Waals surface area contributed by atoms with Crippen molar-refractivity contribution >= 4 is 11.6 Å². The van der Waals surface area contributed by atoms with E-state index >= 15 is 0 Å². The van der Waals surface area contributed by atoms with Crippen molar-refractivity contribution in [2.75, 3.05) is 13.1 Å². The monoisotopic (exact) mass is 353 g/mol. The Morgan fingerprint density at radius 1 is 1.00 bits per heavy atom. The molecule has 1 saturated heterocycles. The molecule has 1 aliphatic heterocycles. The van der Waals surface area contributed by atoms with Gasteiger partial charge in [-0.2, -0.15) is 0 Å². The van der Waals surface area contributed by atoms with Crippen LogP contribution in [0.25, 0.3) is 0 Å². The van der Waals surface area contributed by atoms with E-state index in [0.717, 1.165) is 25.2 Å². The van der Waals surface area contributed by atoms with Crippen LogP contribution in [-0.2, 0) is 24.3 Å². The largest absolute Gasteiger partial charge is 0.352 e. The number of carbonyl (C=O) groups is 1. The van der Waals surface area contributed by atoms with Gasteiger partial charge in [0.2, 0.25) is 5.91 Å². The van der Waals surface area contributed by atoms with Gasteiger partial charge < -0.3 is 5.32 Å². The molecule has 0 radical (unpaired) electrons. The van der Waals surface area contributed by atoms with E-state index in [1.165, 1.54) is 24.5 Å². The summed E-state index contributed by atoms with van der Waals surface area (Å²) in [5.74, 6) is -0.213. The van der Waals surface area contributed by atoms with Crippen LogP contribution in [0.4, 0.5) is 5.69 Å². The molecular formula is C20H23N3O3. The number of amides is 1.